The van der Waals surface area contributed by atoms with Crippen molar-refractivity contribution < 1.29 is 5.11 Å². The number of hydrogen-bond acceptors (Lipinski definition) is 4. The first-order valence-electron chi connectivity index (χ1n) is 11.7. The highest BCUT2D eigenvalue weighted by molar-refractivity contribution is 7.98. The Balaban J connectivity index is 1.37. The fraction of sp³-hybridized carbons (Fsp3) is 0.500. The van der Waals surface area contributed by atoms with E-state index in [2.05, 4.69) is 34.8 Å². The van der Waals surface area contributed by atoms with Crippen molar-refractivity contribution in [1.82, 2.24) is 9.55 Å². The van der Waals surface area contributed by atoms with Gasteiger partial charge in [-0.2, -0.15) is 0 Å². The monoisotopic (exact) mass is 447 g/mol. The van der Waals surface area contributed by atoms with Gasteiger partial charge in [-0.05, 0) is 80.9 Å². The molecule has 7 rings (SSSR count). The molecule has 166 valence electrons. The number of fused-ring (bicyclic) bond motifs is 3. The van der Waals surface area contributed by atoms with Gasteiger partial charge in [0.05, 0.1) is 5.60 Å². The van der Waals surface area contributed by atoms with Crippen LogP contribution in [-0.4, -0.2) is 32.1 Å². The van der Waals surface area contributed by atoms with Crippen molar-refractivity contribution in [2.24, 2.45) is 24.3 Å². The number of benzene rings is 1. The van der Waals surface area contributed by atoms with Crippen LogP contribution in [0.15, 0.2) is 46.3 Å². The van der Waals surface area contributed by atoms with Gasteiger partial charge in [-0.15, -0.1) is 11.8 Å². The highest BCUT2D eigenvalue weighted by atomic mass is 32.2. The molecule has 3 N–H and O–H groups in total. The van der Waals surface area contributed by atoms with Crippen LogP contribution in [0.2, 0.25) is 0 Å². The Bertz CT molecular complexity index is 1340. The van der Waals surface area contributed by atoms with Gasteiger partial charge >= 0.3 is 0 Å². The number of hydrogen-bond donors (Lipinski definition) is 3. The first kappa shape index (κ1) is 19.3. The molecule has 4 aliphatic carbocycles. The molecular formula is C26H29N3O2S. The number of pyridine rings is 1. The van der Waals surface area contributed by atoms with Crippen molar-refractivity contribution in [2.75, 3.05) is 11.6 Å². The molecule has 4 fully saturated rings. The zero-order valence-electron chi connectivity index (χ0n) is 18.6. The number of nitrogens with zero attached hydrogens (tertiary/aromatic N) is 1. The molecule has 3 bridgehead atoms. The van der Waals surface area contributed by atoms with Gasteiger partial charge in [-0.1, -0.05) is 0 Å². The van der Waals surface area contributed by atoms with E-state index in [4.69, 9.17) is 0 Å². The summed E-state index contributed by atoms with van der Waals surface area (Å²) in [4.78, 5) is 17.0. The van der Waals surface area contributed by atoms with Crippen molar-refractivity contribution in [3.05, 3.63) is 47.0 Å². The van der Waals surface area contributed by atoms with Crippen LogP contribution in [0.1, 0.15) is 38.5 Å². The Morgan fingerprint density at radius 2 is 2.06 bits per heavy atom. The lowest BCUT2D eigenvalue weighted by atomic mass is 9.53. The molecule has 2 heterocycles. The fourth-order valence-corrected chi connectivity index (χ4v) is 8.76. The average molecular weight is 448 g/mol. The summed E-state index contributed by atoms with van der Waals surface area (Å²) in [5.74, 6) is 1.46. The average Bonchev–Trinajstić information content (AvgIpc) is 3.36. The second-order valence-corrected chi connectivity index (χ2v) is 11.9. The summed E-state index contributed by atoms with van der Waals surface area (Å²) in [7, 11) is 1.82. The van der Waals surface area contributed by atoms with E-state index in [-0.39, 0.29) is 16.5 Å². The summed E-state index contributed by atoms with van der Waals surface area (Å²) < 4.78 is 1.67. The van der Waals surface area contributed by atoms with E-state index in [9.17, 15) is 9.90 Å². The first-order chi connectivity index (χ1) is 15.4. The van der Waals surface area contributed by atoms with Crippen LogP contribution in [-0.2, 0) is 7.05 Å². The highest BCUT2D eigenvalue weighted by Crippen LogP contribution is 2.78. The van der Waals surface area contributed by atoms with Crippen molar-refractivity contribution in [2.45, 2.75) is 54.6 Å². The maximum absolute atomic E-state index is 12.6. The summed E-state index contributed by atoms with van der Waals surface area (Å²) in [6.07, 6.45) is 12.5. The minimum absolute atomic E-state index is 0.00791. The number of anilines is 1. The lowest BCUT2D eigenvalue weighted by Crippen LogP contribution is -2.57. The molecule has 5 unspecified atom stereocenters. The summed E-state index contributed by atoms with van der Waals surface area (Å²) in [5, 5.41) is 16.5. The van der Waals surface area contributed by atoms with Gasteiger partial charge in [0.15, 0.2) is 0 Å². The maximum atomic E-state index is 12.6. The van der Waals surface area contributed by atoms with Crippen molar-refractivity contribution in [1.29, 1.82) is 0 Å². The topological polar surface area (TPSA) is 70.0 Å². The molecular weight excluding hydrogens is 418 g/mol. The SMILES string of the molecule is CSc1ccc(NC23CC4CC5CC(O)(C2)C5(C4)C3)c(-c2cn(C)c(=O)c3[nH]ccc23)c1. The largest absolute Gasteiger partial charge is 0.389 e. The van der Waals surface area contributed by atoms with Gasteiger partial charge in [0.25, 0.3) is 5.56 Å². The first-order valence-corrected chi connectivity index (χ1v) is 12.9. The van der Waals surface area contributed by atoms with E-state index < -0.39 is 5.60 Å². The summed E-state index contributed by atoms with van der Waals surface area (Å²) >= 11 is 1.73. The normalized spacial score (nSPS) is 36.5. The number of aryl methyl sites for hydroxylation is 1. The van der Waals surface area contributed by atoms with Gasteiger partial charge in [0.1, 0.15) is 5.52 Å². The standard InChI is InChI=1S/C26H29N3O2S/c1-29-12-20(18-5-6-27-22(18)23(29)30)19-8-17(32-2)3-4-21(19)28-24-9-15-7-16-11-26(31,14-24)25(16,10-15)13-24/h3-6,8,12,15-16,27-28,31H,7,9-11,13-14H2,1-2H3. The molecule has 3 aromatic rings. The third-order valence-corrected chi connectivity index (χ3v) is 10.1. The number of thioether (sulfide) groups is 1. The molecule has 1 spiro atoms. The Labute approximate surface area is 191 Å². The predicted molar refractivity (Wildman–Crippen MR) is 129 cm³/mol. The molecule has 0 radical (unpaired) electrons. The Kier molecular flexibility index (Phi) is 3.64. The van der Waals surface area contributed by atoms with E-state index in [0.29, 0.717) is 5.52 Å². The Morgan fingerprint density at radius 1 is 1.19 bits per heavy atom. The highest BCUT2D eigenvalue weighted by Gasteiger charge is 2.78. The zero-order valence-corrected chi connectivity index (χ0v) is 19.4. The van der Waals surface area contributed by atoms with E-state index in [1.807, 2.05) is 25.5 Å². The number of rotatable bonds is 4. The second kappa shape index (κ2) is 6.03. The van der Waals surface area contributed by atoms with E-state index >= 15 is 0 Å². The molecule has 4 aliphatic rings. The smallest absolute Gasteiger partial charge is 0.274 e. The van der Waals surface area contributed by atoms with Crippen LogP contribution < -0.4 is 10.9 Å². The molecule has 0 amide bonds. The molecule has 1 aromatic carbocycles. The number of aromatic nitrogens is 2. The van der Waals surface area contributed by atoms with Crippen LogP contribution >= 0.6 is 11.8 Å². The van der Waals surface area contributed by atoms with Crippen LogP contribution in [0, 0.1) is 17.3 Å². The van der Waals surface area contributed by atoms with Crippen LogP contribution in [0.3, 0.4) is 0 Å². The summed E-state index contributed by atoms with van der Waals surface area (Å²) in [6.45, 7) is 0. The third-order valence-electron chi connectivity index (χ3n) is 9.34. The number of aromatic amines is 1. The molecule has 6 heteroatoms. The molecule has 0 aliphatic heterocycles. The molecule has 32 heavy (non-hydrogen) atoms. The van der Waals surface area contributed by atoms with E-state index in [1.54, 1.807) is 16.3 Å². The van der Waals surface area contributed by atoms with Gasteiger partial charge in [-0.25, -0.2) is 0 Å². The van der Waals surface area contributed by atoms with Gasteiger partial charge in [0, 0.05) is 57.5 Å². The number of nitrogens with one attached hydrogen (secondary N) is 2. The number of H-pyrrole nitrogens is 1. The van der Waals surface area contributed by atoms with Crippen molar-refractivity contribution in [3.8, 4) is 11.1 Å². The fourth-order valence-electron chi connectivity index (χ4n) is 8.32. The van der Waals surface area contributed by atoms with E-state index in [0.717, 1.165) is 59.7 Å². The lowest BCUT2D eigenvalue weighted by Gasteiger charge is -2.55. The van der Waals surface area contributed by atoms with Crippen LogP contribution in [0.5, 0.6) is 0 Å². The van der Waals surface area contributed by atoms with Gasteiger partial charge in [-0.3, -0.25) is 4.79 Å². The maximum Gasteiger partial charge on any atom is 0.274 e. The second-order valence-electron chi connectivity index (χ2n) is 11.0. The molecule has 4 saturated carbocycles. The third kappa shape index (κ3) is 2.27. The molecule has 5 atom stereocenters. The van der Waals surface area contributed by atoms with Gasteiger partial charge < -0.3 is 20.0 Å². The lowest BCUT2D eigenvalue weighted by molar-refractivity contribution is -0.176. The molecule has 0 saturated heterocycles. The zero-order chi connectivity index (χ0) is 21.9. The van der Waals surface area contributed by atoms with Crippen LogP contribution in [0.25, 0.3) is 22.0 Å². The predicted octanol–water partition coefficient (Wildman–Crippen LogP) is 4.75. The van der Waals surface area contributed by atoms with Crippen LogP contribution in [0.4, 0.5) is 5.69 Å². The Hall–Kier alpha value is -2.18. The summed E-state index contributed by atoms with van der Waals surface area (Å²) in [5.41, 5.74) is 3.60. The van der Waals surface area contributed by atoms with Crippen molar-refractivity contribution >= 4 is 28.4 Å². The van der Waals surface area contributed by atoms with Gasteiger partial charge in [0.2, 0.25) is 0 Å². The quantitative estimate of drug-likeness (QED) is 0.505. The summed E-state index contributed by atoms with van der Waals surface area (Å²) in [6, 6.07) is 8.63. The van der Waals surface area contributed by atoms with E-state index in [1.165, 1.54) is 17.7 Å². The number of aliphatic hydroxyl groups is 1. The minimum Gasteiger partial charge on any atom is -0.389 e. The van der Waals surface area contributed by atoms with Crippen molar-refractivity contribution in [3.63, 3.8) is 0 Å². The molecule has 2 aromatic heterocycles. The molecule has 5 nitrogen and oxygen atoms in total. The minimum atomic E-state index is -0.472. The Morgan fingerprint density at radius 3 is 2.91 bits per heavy atom.